The van der Waals surface area contributed by atoms with E-state index in [4.69, 9.17) is 9.47 Å². The Kier molecular flexibility index (Phi) is 5.21. The number of hydrogen-bond acceptors (Lipinski definition) is 4. The molecule has 0 saturated heterocycles. The van der Waals surface area contributed by atoms with Crippen LogP contribution in [0.2, 0.25) is 0 Å². The largest absolute Gasteiger partial charge is 0.493 e. The van der Waals surface area contributed by atoms with Gasteiger partial charge in [-0.25, -0.2) is 0 Å². The van der Waals surface area contributed by atoms with Crippen molar-refractivity contribution in [2.24, 2.45) is 10.9 Å². The van der Waals surface area contributed by atoms with Crippen molar-refractivity contribution in [2.75, 3.05) is 19.5 Å². The van der Waals surface area contributed by atoms with E-state index in [9.17, 15) is 0 Å². The SMILES string of the molecule is COc1ccc(C=Nc2ccc([C@@H]3Nc4ccccc4[C@@H]4C=CC[C@@H]43)cc2)cc1OC. The van der Waals surface area contributed by atoms with Crippen LogP contribution in [-0.2, 0) is 0 Å². The summed E-state index contributed by atoms with van der Waals surface area (Å²) in [5.74, 6) is 2.46. The first-order valence-corrected chi connectivity index (χ1v) is 10.6. The molecule has 5 rings (SSSR count). The first kappa shape index (κ1) is 19.4. The van der Waals surface area contributed by atoms with Gasteiger partial charge in [-0.3, -0.25) is 4.99 Å². The van der Waals surface area contributed by atoms with Crippen molar-refractivity contribution in [3.05, 3.63) is 95.6 Å². The molecule has 3 aromatic rings. The highest BCUT2D eigenvalue weighted by atomic mass is 16.5. The van der Waals surface area contributed by atoms with Gasteiger partial charge < -0.3 is 14.8 Å². The van der Waals surface area contributed by atoms with Gasteiger partial charge in [-0.2, -0.15) is 0 Å². The first-order chi connectivity index (χ1) is 15.3. The van der Waals surface area contributed by atoms with Gasteiger partial charge in [0.2, 0.25) is 0 Å². The van der Waals surface area contributed by atoms with Crippen LogP contribution < -0.4 is 14.8 Å². The van der Waals surface area contributed by atoms with Crippen LogP contribution in [-0.4, -0.2) is 20.4 Å². The van der Waals surface area contributed by atoms with Gasteiger partial charge in [-0.15, -0.1) is 0 Å². The number of benzene rings is 3. The lowest BCUT2D eigenvalue weighted by Crippen LogP contribution is -2.28. The Labute approximate surface area is 183 Å². The van der Waals surface area contributed by atoms with Gasteiger partial charge in [0.25, 0.3) is 0 Å². The number of para-hydroxylation sites is 1. The van der Waals surface area contributed by atoms with Gasteiger partial charge in [-0.05, 0) is 65.4 Å². The molecule has 3 aromatic carbocycles. The summed E-state index contributed by atoms with van der Waals surface area (Å²) in [6, 6.07) is 23.3. The first-order valence-electron chi connectivity index (χ1n) is 10.6. The fourth-order valence-electron chi connectivity index (χ4n) is 4.72. The monoisotopic (exact) mass is 410 g/mol. The second-order valence-corrected chi connectivity index (χ2v) is 8.03. The van der Waals surface area contributed by atoms with Gasteiger partial charge in [0.1, 0.15) is 0 Å². The van der Waals surface area contributed by atoms with Crippen molar-refractivity contribution in [1.82, 2.24) is 0 Å². The van der Waals surface area contributed by atoms with Crippen LogP contribution >= 0.6 is 0 Å². The standard InChI is InChI=1S/C27H26N2O2/c1-30-25-15-10-18(16-26(25)31-2)17-28-20-13-11-19(12-14-20)27-23-8-5-7-21(23)22-6-3-4-9-24(22)29-27/h3-7,9-17,21,23,27,29H,8H2,1-2H3/t21-,23-,27-/m0/s1. The lowest BCUT2D eigenvalue weighted by molar-refractivity contribution is 0.355. The molecule has 1 N–H and O–H groups in total. The predicted octanol–water partition coefficient (Wildman–Crippen LogP) is 6.28. The van der Waals surface area contributed by atoms with E-state index in [1.54, 1.807) is 14.2 Å². The fraction of sp³-hybridized carbons (Fsp3) is 0.222. The zero-order valence-corrected chi connectivity index (χ0v) is 17.8. The Bertz CT molecular complexity index is 1130. The number of rotatable bonds is 5. The molecule has 156 valence electrons. The lowest BCUT2D eigenvalue weighted by Gasteiger charge is -2.37. The molecule has 0 radical (unpaired) electrons. The minimum atomic E-state index is 0.304. The van der Waals surface area contributed by atoms with Gasteiger partial charge in [-0.1, -0.05) is 42.5 Å². The lowest BCUT2D eigenvalue weighted by atomic mass is 9.77. The summed E-state index contributed by atoms with van der Waals surface area (Å²) in [5, 5.41) is 3.78. The van der Waals surface area contributed by atoms with Gasteiger partial charge >= 0.3 is 0 Å². The summed E-state index contributed by atoms with van der Waals surface area (Å²) in [4.78, 5) is 4.64. The van der Waals surface area contributed by atoms with Crippen molar-refractivity contribution in [2.45, 2.75) is 18.4 Å². The third-order valence-corrected chi connectivity index (χ3v) is 6.29. The number of nitrogens with one attached hydrogen (secondary N) is 1. The molecule has 0 fully saturated rings. The number of ether oxygens (including phenoxy) is 2. The van der Waals surface area contributed by atoms with E-state index in [0.717, 1.165) is 17.7 Å². The number of aliphatic imine (C=N–C) groups is 1. The van der Waals surface area contributed by atoms with E-state index < -0.39 is 0 Å². The molecule has 0 bridgehead atoms. The number of allylic oxidation sites excluding steroid dienone is 2. The summed E-state index contributed by atoms with van der Waals surface area (Å²) < 4.78 is 10.7. The summed E-state index contributed by atoms with van der Waals surface area (Å²) in [6.07, 6.45) is 7.66. The Balaban J connectivity index is 1.35. The normalized spacial score (nSPS) is 21.4. The Morgan fingerprint density at radius 1 is 0.935 bits per heavy atom. The van der Waals surface area contributed by atoms with Crippen molar-refractivity contribution in [3.8, 4) is 11.5 Å². The maximum Gasteiger partial charge on any atom is 0.161 e. The van der Waals surface area contributed by atoms with E-state index >= 15 is 0 Å². The van der Waals surface area contributed by atoms with E-state index in [1.807, 2.05) is 24.4 Å². The van der Waals surface area contributed by atoms with Crippen LogP contribution in [0.3, 0.4) is 0 Å². The summed E-state index contributed by atoms with van der Waals surface area (Å²) in [7, 11) is 3.27. The van der Waals surface area contributed by atoms with Gasteiger partial charge in [0.15, 0.2) is 11.5 Å². The quantitative estimate of drug-likeness (QED) is 0.397. The van der Waals surface area contributed by atoms with Gasteiger partial charge in [0, 0.05) is 17.8 Å². The fourth-order valence-corrected chi connectivity index (χ4v) is 4.72. The zero-order chi connectivity index (χ0) is 21.2. The molecule has 31 heavy (non-hydrogen) atoms. The Morgan fingerprint density at radius 2 is 1.74 bits per heavy atom. The second kappa shape index (κ2) is 8.31. The number of nitrogens with zero attached hydrogens (tertiary/aromatic N) is 1. The number of methoxy groups -OCH3 is 2. The van der Waals surface area contributed by atoms with Crippen LogP contribution in [0, 0.1) is 5.92 Å². The zero-order valence-electron chi connectivity index (χ0n) is 17.8. The average Bonchev–Trinajstić information content (AvgIpc) is 3.33. The molecule has 1 aliphatic carbocycles. The molecule has 4 nitrogen and oxygen atoms in total. The highest BCUT2D eigenvalue weighted by molar-refractivity contribution is 5.83. The third kappa shape index (κ3) is 3.70. The maximum absolute atomic E-state index is 5.37. The number of fused-ring (bicyclic) bond motifs is 3. The second-order valence-electron chi connectivity index (χ2n) is 8.03. The topological polar surface area (TPSA) is 42.8 Å². The molecule has 4 heteroatoms. The van der Waals surface area contributed by atoms with Crippen LogP contribution in [0.25, 0.3) is 0 Å². The molecule has 3 atom stereocenters. The molecule has 1 aliphatic heterocycles. The minimum absolute atomic E-state index is 0.304. The summed E-state index contributed by atoms with van der Waals surface area (Å²) in [5.41, 5.74) is 5.85. The van der Waals surface area contributed by atoms with Crippen molar-refractivity contribution >= 4 is 17.6 Å². The molecule has 1 heterocycles. The molecule has 0 unspecified atom stereocenters. The van der Waals surface area contributed by atoms with Crippen molar-refractivity contribution in [1.29, 1.82) is 0 Å². The highest BCUT2D eigenvalue weighted by Crippen LogP contribution is 2.49. The van der Waals surface area contributed by atoms with Crippen molar-refractivity contribution in [3.63, 3.8) is 0 Å². The van der Waals surface area contributed by atoms with E-state index in [1.165, 1.54) is 16.8 Å². The van der Waals surface area contributed by atoms with E-state index in [2.05, 4.69) is 71.0 Å². The smallest absolute Gasteiger partial charge is 0.161 e. The van der Waals surface area contributed by atoms with Crippen LogP contribution in [0.4, 0.5) is 11.4 Å². The number of anilines is 1. The molecule has 2 aliphatic rings. The number of hydrogen-bond donors (Lipinski definition) is 1. The maximum atomic E-state index is 5.37. The van der Waals surface area contributed by atoms with Crippen molar-refractivity contribution < 1.29 is 9.47 Å². The Morgan fingerprint density at radius 3 is 2.55 bits per heavy atom. The molecule has 0 aromatic heterocycles. The highest BCUT2D eigenvalue weighted by Gasteiger charge is 2.37. The summed E-state index contributed by atoms with van der Waals surface area (Å²) in [6.45, 7) is 0. The molecular weight excluding hydrogens is 384 g/mol. The minimum Gasteiger partial charge on any atom is -0.493 e. The molecule has 0 amide bonds. The van der Waals surface area contributed by atoms with Gasteiger partial charge in [0.05, 0.1) is 25.9 Å². The molecular formula is C27H26N2O2. The predicted molar refractivity (Wildman–Crippen MR) is 126 cm³/mol. The van der Waals surface area contributed by atoms with Crippen LogP contribution in [0.15, 0.2) is 83.9 Å². The van der Waals surface area contributed by atoms with E-state index in [-0.39, 0.29) is 0 Å². The molecule has 0 spiro atoms. The van der Waals surface area contributed by atoms with Crippen LogP contribution in [0.5, 0.6) is 11.5 Å². The van der Waals surface area contributed by atoms with Crippen LogP contribution in [0.1, 0.15) is 35.1 Å². The Hall–Kier alpha value is -3.53. The third-order valence-electron chi connectivity index (χ3n) is 6.29. The average molecular weight is 411 g/mol. The van der Waals surface area contributed by atoms with E-state index in [0.29, 0.717) is 29.4 Å². The summed E-state index contributed by atoms with van der Waals surface area (Å²) >= 11 is 0. The molecule has 0 saturated carbocycles.